The summed E-state index contributed by atoms with van der Waals surface area (Å²) < 4.78 is 40.8. The Hall–Kier alpha value is -0.440. The number of nitrogens with zero attached hydrogens (tertiary/aromatic N) is 1. The van der Waals surface area contributed by atoms with E-state index in [2.05, 4.69) is 4.72 Å². The van der Waals surface area contributed by atoms with E-state index in [1.807, 2.05) is 0 Å². The molecule has 116 valence electrons. The lowest BCUT2D eigenvalue weighted by Crippen LogP contribution is -2.45. The molecule has 0 saturated carbocycles. The molecule has 3 N–H and O–H groups in total. The van der Waals surface area contributed by atoms with Gasteiger partial charge in [-0.15, -0.1) is 12.4 Å². The first-order valence-corrected chi connectivity index (χ1v) is 7.46. The highest BCUT2D eigenvalue weighted by molar-refractivity contribution is 7.87. The van der Waals surface area contributed by atoms with Gasteiger partial charge in [0.1, 0.15) is 5.82 Å². The lowest BCUT2D eigenvalue weighted by molar-refractivity contribution is 0.439. The number of hydrogen-bond acceptors (Lipinski definition) is 3. The molecule has 5 nitrogen and oxygen atoms in total. The van der Waals surface area contributed by atoms with Gasteiger partial charge < -0.3 is 5.73 Å². The Morgan fingerprint density at radius 3 is 2.60 bits per heavy atom. The molecule has 20 heavy (non-hydrogen) atoms. The molecule has 0 amide bonds. The van der Waals surface area contributed by atoms with Crippen LogP contribution in [0.2, 0.25) is 5.02 Å². The van der Waals surface area contributed by atoms with E-state index in [4.69, 9.17) is 17.3 Å². The van der Waals surface area contributed by atoms with Gasteiger partial charge in [0.2, 0.25) is 0 Å². The van der Waals surface area contributed by atoms with E-state index in [1.54, 1.807) is 6.92 Å². The Bertz CT molecular complexity index is 522. The first kappa shape index (κ1) is 19.6. The van der Waals surface area contributed by atoms with Crippen LogP contribution in [-0.2, 0) is 16.8 Å². The van der Waals surface area contributed by atoms with Gasteiger partial charge in [-0.1, -0.05) is 17.7 Å². The minimum absolute atomic E-state index is 0. The summed E-state index contributed by atoms with van der Waals surface area (Å²) in [5.74, 6) is -0.540. The van der Waals surface area contributed by atoms with Crippen LogP contribution in [0.25, 0.3) is 0 Å². The van der Waals surface area contributed by atoms with Crippen molar-refractivity contribution in [2.75, 3.05) is 13.6 Å². The van der Waals surface area contributed by atoms with Crippen molar-refractivity contribution in [3.05, 3.63) is 34.6 Å². The van der Waals surface area contributed by atoms with E-state index in [9.17, 15) is 12.8 Å². The molecule has 0 spiro atoms. The summed E-state index contributed by atoms with van der Waals surface area (Å²) in [6.07, 6.45) is 0. The molecule has 9 heteroatoms. The van der Waals surface area contributed by atoms with Crippen LogP contribution in [0.3, 0.4) is 0 Å². The van der Waals surface area contributed by atoms with Gasteiger partial charge in [0.25, 0.3) is 10.2 Å². The Morgan fingerprint density at radius 1 is 1.50 bits per heavy atom. The summed E-state index contributed by atoms with van der Waals surface area (Å²) in [6, 6.07) is 3.81. The molecule has 0 unspecified atom stereocenters. The monoisotopic (exact) mass is 345 g/mol. The van der Waals surface area contributed by atoms with Crippen LogP contribution in [0.4, 0.5) is 4.39 Å². The molecule has 0 fully saturated rings. The van der Waals surface area contributed by atoms with Gasteiger partial charge >= 0.3 is 0 Å². The fourth-order valence-corrected chi connectivity index (χ4v) is 2.69. The van der Waals surface area contributed by atoms with Crippen LogP contribution in [0.1, 0.15) is 12.5 Å². The Kier molecular flexibility index (Phi) is 7.93. The van der Waals surface area contributed by atoms with Crippen LogP contribution in [-0.4, -0.2) is 32.4 Å². The summed E-state index contributed by atoms with van der Waals surface area (Å²) in [5.41, 5.74) is 5.49. The zero-order valence-electron chi connectivity index (χ0n) is 11.1. The molecule has 1 aromatic rings. The smallest absolute Gasteiger partial charge is 0.279 e. The molecule has 0 aliphatic rings. The van der Waals surface area contributed by atoms with E-state index in [0.29, 0.717) is 0 Å². The number of hydrogen-bond donors (Lipinski definition) is 2. The van der Waals surface area contributed by atoms with Gasteiger partial charge in [0.15, 0.2) is 0 Å². The third-order valence-corrected chi connectivity index (χ3v) is 4.56. The minimum Gasteiger partial charge on any atom is -0.329 e. The SMILES string of the molecule is C[C@H](CN)NS(=O)(=O)N(C)Cc1c(F)cccc1Cl.Cl. The van der Waals surface area contributed by atoms with E-state index >= 15 is 0 Å². The number of rotatable bonds is 6. The predicted octanol–water partition coefficient (Wildman–Crippen LogP) is 1.51. The molecule has 0 aromatic heterocycles. The van der Waals surface area contributed by atoms with E-state index in [-0.39, 0.29) is 36.1 Å². The predicted molar refractivity (Wildman–Crippen MR) is 80.7 cm³/mol. The van der Waals surface area contributed by atoms with Crippen LogP contribution in [0.5, 0.6) is 0 Å². The van der Waals surface area contributed by atoms with Crippen molar-refractivity contribution in [2.45, 2.75) is 19.5 Å². The Morgan fingerprint density at radius 2 is 2.10 bits per heavy atom. The first-order chi connectivity index (χ1) is 8.77. The maximum absolute atomic E-state index is 13.6. The standard InChI is InChI=1S/C11H17ClFN3O2S.ClH/c1-8(6-14)15-19(17,18)16(2)7-9-10(12)4-3-5-11(9)13;/h3-5,8,15H,6-7,14H2,1-2H3;1H/t8-;/m1./s1. The van der Waals surface area contributed by atoms with Gasteiger partial charge in [-0.05, 0) is 19.1 Å². The number of nitrogens with one attached hydrogen (secondary N) is 1. The second-order valence-electron chi connectivity index (χ2n) is 4.22. The molecule has 1 aromatic carbocycles. The van der Waals surface area contributed by atoms with Gasteiger partial charge in [0.05, 0.1) is 0 Å². The lowest BCUT2D eigenvalue weighted by Gasteiger charge is -2.21. The molecule has 0 radical (unpaired) electrons. The lowest BCUT2D eigenvalue weighted by atomic mass is 10.2. The van der Waals surface area contributed by atoms with E-state index in [0.717, 1.165) is 4.31 Å². The maximum atomic E-state index is 13.6. The number of benzene rings is 1. The zero-order chi connectivity index (χ0) is 14.6. The van der Waals surface area contributed by atoms with Crippen molar-refractivity contribution >= 4 is 34.2 Å². The normalized spacial score (nSPS) is 13.1. The largest absolute Gasteiger partial charge is 0.329 e. The van der Waals surface area contributed by atoms with Gasteiger partial charge in [-0.2, -0.15) is 17.4 Å². The molecule has 0 bridgehead atoms. The fourth-order valence-electron chi connectivity index (χ4n) is 1.38. The highest BCUT2D eigenvalue weighted by atomic mass is 35.5. The summed E-state index contributed by atoms with van der Waals surface area (Å²) in [7, 11) is -2.38. The van der Waals surface area contributed by atoms with E-state index in [1.165, 1.54) is 25.2 Å². The van der Waals surface area contributed by atoms with Crippen LogP contribution < -0.4 is 10.5 Å². The van der Waals surface area contributed by atoms with Crippen LogP contribution >= 0.6 is 24.0 Å². The van der Waals surface area contributed by atoms with Gasteiger partial charge in [-0.3, -0.25) is 0 Å². The molecule has 0 aliphatic carbocycles. The average molecular weight is 346 g/mol. The molecule has 0 aliphatic heterocycles. The summed E-state index contributed by atoms with van der Waals surface area (Å²) in [4.78, 5) is 0. The van der Waals surface area contributed by atoms with Gasteiger partial charge in [0, 0.05) is 36.8 Å². The number of nitrogens with two attached hydrogens (primary N) is 1. The highest BCUT2D eigenvalue weighted by Crippen LogP contribution is 2.21. The number of halogens is 3. The fraction of sp³-hybridized carbons (Fsp3) is 0.455. The van der Waals surface area contributed by atoms with Crippen molar-refractivity contribution < 1.29 is 12.8 Å². The van der Waals surface area contributed by atoms with Crippen molar-refractivity contribution in [2.24, 2.45) is 5.73 Å². The molecule has 0 heterocycles. The molecule has 1 atom stereocenters. The molecular formula is C11H18Cl2FN3O2S. The third kappa shape index (κ3) is 5.16. The van der Waals surface area contributed by atoms with Gasteiger partial charge in [-0.25, -0.2) is 4.39 Å². The summed E-state index contributed by atoms with van der Waals surface area (Å²) >= 11 is 5.85. The first-order valence-electron chi connectivity index (χ1n) is 5.64. The van der Waals surface area contributed by atoms with Crippen molar-refractivity contribution in [3.63, 3.8) is 0 Å². The topological polar surface area (TPSA) is 75.4 Å². The Labute approximate surface area is 129 Å². The third-order valence-electron chi connectivity index (χ3n) is 2.56. The van der Waals surface area contributed by atoms with Crippen molar-refractivity contribution in [3.8, 4) is 0 Å². The second-order valence-corrected chi connectivity index (χ2v) is 6.43. The van der Waals surface area contributed by atoms with Crippen molar-refractivity contribution in [1.29, 1.82) is 0 Å². The average Bonchev–Trinajstić information content (AvgIpc) is 2.33. The minimum atomic E-state index is -3.73. The van der Waals surface area contributed by atoms with Crippen LogP contribution in [0.15, 0.2) is 18.2 Å². The second kappa shape index (κ2) is 8.11. The van der Waals surface area contributed by atoms with E-state index < -0.39 is 22.1 Å². The van der Waals surface area contributed by atoms with Crippen molar-refractivity contribution in [1.82, 2.24) is 9.03 Å². The maximum Gasteiger partial charge on any atom is 0.279 e. The molecule has 1 rings (SSSR count). The van der Waals surface area contributed by atoms with Crippen LogP contribution in [0, 0.1) is 5.82 Å². The quantitative estimate of drug-likeness (QED) is 0.820. The highest BCUT2D eigenvalue weighted by Gasteiger charge is 2.21. The zero-order valence-corrected chi connectivity index (χ0v) is 13.5. The summed E-state index contributed by atoms with van der Waals surface area (Å²) in [6.45, 7) is 1.66. The molecule has 0 saturated heterocycles. The molecular weight excluding hydrogens is 328 g/mol. The summed E-state index contributed by atoms with van der Waals surface area (Å²) in [5, 5.41) is 0.189. The Balaban J connectivity index is 0.00000361.